The zero-order valence-corrected chi connectivity index (χ0v) is 21.7. The first kappa shape index (κ1) is 26.6. The molecule has 0 aliphatic carbocycles. The van der Waals surface area contributed by atoms with E-state index >= 15 is 0 Å². The van der Waals surface area contributed by atoms with E-state index in [1.54, 1.807) is 6.92 Å². The van der Waals surface area contributed by atoms with Gasteiger partial charge in [0.2, 0.25) is 0 Å². The maximum atomic E-state index is 11.5. The molecule has 160 valence electrons. The second kappa shape index (κ2) is 11.6. The van der Waals surface area contributed by atoms with Crippen LogP contribution in [0, 0.1) is 0 Å². The number of esters is 1. The molecule has 0 bridgehead atoms. The van der Waals surface area contributed by atoms with Crippen LogP contribution in [0.4, 0.5) is 0 Å². The molecule has 0 aromatic rings. The maximum absolute atomic E-state index is 11.5. The molecule has 0 N–H and O–H groups in total. The Balaban J connectivity index is 4.95. The first-order valence-corrected chi connectivity index (χ1v) is 17.1. The number of carbonyl (C=O) groups excluding carboxylic acids is 1. The molecule has 1 unspecified atom stereocenters. The first-order valence-electron chi connectivity index (χ1n) is 10.9. The predicted octanol–water partition coefficient (Wildman–Crippen LogP) is 7.10. The minimum absolute atomic E-state index is 0.277. The van der Waals surface area contributed by atoms with Crippen molar-refractivity contribution in [3.63, 3.8) is 0 Å². The number of unbranched alkanes of at least 4 members (excludes halogenated alkanes) is 1. The van der Waals surface area contributed by atoms with E-state index in [2.05, 4.69) is 60.5 Å². The van der Waals surface area contributed by atoms with Gasteiger partial charge < -0.3 is 9.16 Å². The van der Waals surface area contributed by atoms with E-state index < -0.39 is 16.4 Å². The Hall–Kier alpha value is -0.396. The molecule has 5 heteroatoms. The van der Waals surface area contributed by atoms with Gasteiger partial charge in [0.1, 0.15) is 0 Å². The third kappa shape index (κ3) is 8.24. The van der Waals surface area contributed by atoms with E-state index in [4.69, 9.17) is 9.16 Å². The highest BCUT2D eigenvalue weighted by Crippen LogP contribution is 2.47. The Morgan fingerprint density at radius 3 is 2.15 bits per heavy atom. The van der Waals surface area contributed by atoms with Crippen LogP contribution < -0.4 is 0 Å². The molecule has 27 heavy (non-hydrogen) atoms. The Morgan fingerprint density at radius 2 is 1.70 bits per heavy atom. The molecule has 0 aromatic heterocycles. The molecule has 0 saturated carbocycles. The van der Waals surface area contributed by atoms with Crippen molar-refractivity contribution >= 4 is 22.4 Å². The summed E-state index contributed by atoms with van der Waals surface area (Å²) in [6.45, 7) is 24.8. The van der Waals surface area contributed by atoms with Gasteiger partial charge >= 0.3 is 5.97 Å². The van der Waals surface area contributed by atoms with E-state index in [0.717, 1.165) is 18.9 Å². The van der Waals surface area contributed by atoms with Crippen LogP contribution in [0.1, 0.15) is 73.1 Å². The van der Waals surface area contributed by atoms with Gasteiger partial charge in [0.15, 0.2) is 8.32 Å². The lowest BCUT2D eigenvalue weighted by Crippen LogP contribution is -2.53. The second-order valence-corrected chi connectivity index (χ2v) is 19.1. The van der Waals surface area contributed by atoms with Crippen molar-refractivity contribution in [2.24, 2.45) is 0 Å². The van der Waals surface area contributed by atoms with Crippen LogP contribution in [0.15, 0.2) is 12.2 Å². The van der Waals surface area contributed by atoms with Crippen LogP contribution in [0.5, 0.6) is 0 Å². The molecule has 0 aliphatic heterocycles. The Morgan fingerprint density at radius 1 is 1.11 bits per heavy atom. The van der Waals surface area contributed by atoms with E-state index in [-0.39, 0.29) is 5.97 Å². The topological polar surface area (TPSA) is 35.5 Å². The summed E-state index contributed by atoms with van der Waals surface area (Å²) in [5.41, 5.74) is 0.850. The predicted molar refractivity (Wildman–Crippen MR) is 124 cm³/mol. The molecule has 0 radical (unpaired) electrons. The van der Waals surface area contributed by atoms with Gasteiger partial charge in [-0.2, -0.15) is 0 Å². The van der Waals surface area contributed by atoms with Crippen molar-refractivity contribution in [2.75, 3.05) is 6.61 Å². The van der Waals surface area contributed by atoms with Gasteiger partial charge in [0, 0.05) is 11.3 Å². The summed E-state index contributed by atoms with van der Waals surface area (Å²) in [6.07, 6.45) is 7.00. The summed E-state index contributed by atoms with van der Waals surface area (Å²) in [6, 6.07) is 1.12. The largest absolute Gasteiger partial charge is 0.462 e. The van der Waals surface area contributed by atoms with E-state index in [0.29, 0.717) is 22.9 Å². The van der Waals surface area contributed by atoms with Gasteiger partial charge in [-0.15, -0.1) is 0 Å². The number of hydrogen-bond acceptors (Lipinski definition) is 3. The van der Waals surface area contributed by atoms with Gasteiger partial charge in [-0.25, -0.2) is 4.79 Å². The highest BCUT2D eigenvalue weighted by molar-refractivity contribution is 6.81. The molecule has 0 heterocycles. The number of rotatable bonds is 14. The van der Waals surface area contributed by atoms with E-state index in [1.165, 1.54) is 25.7 Å². The quantitative estimate of drug-likeness (QED) is 0.131. The third-order valence-corrected chi connectivity index (χ3v) is 15.1. The SMILES string of the molecule is C=C(C)C(=O)OCCC[Si](C)(C)C(CC)O[Si](C)(C)[C@](C)(CC)CCCC. The monoisotopic (exact) mass is 414 g/mol. The zero-order valence-electron chi connectivity index (χ0n) is 19.7. The molecule has 0 amide bonds. The average molecular weight is 415 g/mol. The molecule has 3 nitrogen and oxygen atoms in total. The highest BCUT2D eigenvalue weighted by Gasteiger charge is 2.46. The van der Waals surface area contributed by atoms with Crippen LogP contribution in [-0.2, 0) is 14.0 Å². The van der Waals surface area contributed by atoms with Gasteiger partial charge in [0.25, 0.3) is 0 Å². The molecule has 0 saturated heterocycles. The van der Waals surface area contributed by atoms with Crippen molar-refractivity contribution in [1.29, 1.82) is 0 Å². The molecule has 2 atom stereocenters. The summed E-state index contributed by atoms with van der Waals surface area (Å²) >= 11 is 0. The molecule has 0 rings (SSSR count). The van der Waals surface area contributed by atoms with Crippen molar-refractivity contribution < 1.29 is 14.0 Å². The summed E-state index contributed by atoms with van der Waals surface area (Å²) in [7, 11) is -3.40. The zero-order chi connectivity index (χ0) is 21.3. The fraction of sp³-hybridized carbons (Fsp3) is 0.864. The minimum Gasteiger partial charge on any atom is -0.462 e. The third-order valence-electron chi connectivity index (χ3n) is 6.54. The Bertz CT molecular complexity index is 474. The number of ether oxygens (including phenoxy) is 1. The van der Waals surface area contributed by atoms with Crippen LogP contribution in [0.2, 0.25) is 37.3 Å². The van der Waals surface area contributed by atoms with Crippen molar-refractivity contribution in [3.05, 3.63) is 12.2 Å². The van der Waals surface area contributed by atoms with Crippen molar-refractivity contribution in [2.45, 2.75) is 116 Å². The molecule has 0 fully saturated rings. The lowest BCUT2D eigenvalue weighted by molar-refractivity contribution is -0.138. The normalized spacial score (nSPS) is 15.9. The fourth-order valence-electron chi connectivity index (χ4n) is 3.74. The van der Waals surface area contributed by atoms with Gasteiger partial charge in [-0.05, 0) is 44.3 Å². The number of hydrogen-bond donors (Lipinski definition) is 0. The summed E-state index contributed by atoms with van der Waals surface area (Å²) < 4.78 is 12.3. The van der Waals surface area contributed by atoms with E-state index in [9.17, 15) is 4.79 Å². The second-order valence-electron chi connectivity index (χ2n) is 9.55. The summed E-state index contributed by atoms with van der Waals surface area (Å²) in [5.74, 6) is -0.277. The molecular formula is C22H46O3Si2. The van der Waals surface area contributed by atoms with Gasteiger partial charge in [0.05, 0.1) is 14.7 Å². The lowest BCUT2D eigenvalue weighted by atomic mass is 10.0. The highest BCUT2D eigenvalue weighted by atomic mass is 28.4. The fourth-order valence-corrected chi connectivity index (χ4v) is 11.2. The van der Waals surface area contributed by atoms with Crippen molar-refractivity contribution in [1.82, 2.24) is 0 Å². The van der Waals surface area contributed by atoms with Crippen LogP contribution in [0.3, 0.4) is 0 Å². The molecule has 0 spiro atoms. The Kier molecular flexibility index (Phi) is 11.4. The smallest absolute Gasteiger partial charge is 0.333 e. The van der Waals surface area contributed by atoms with Crippen molar-refractivity contribution in [3.8, 4) is 0 Å². The Labute approximate surface area is 171 Å². The summed E-state index contributed by atoms with van der Waals surface area (Å²) in [4.78, 5) is 11.5. The summed E-state index contributed by atoms with van der Waals surface area (Å²) in [5, 5.41) is 0.331. The minimum atomic E-state index is -1.83. The van der Waals surface area contributed by atoms with E-state index in [1.807, 2.05) is 0 Å². The maximum Gasteiger partial charge on any atom is 0.333 e. The van der Waals surface area contributed by atoms with Crippen LogP contribution in [0.25, 0.3) is 0 Å². The lowest BCUT2D eigenvalue weighted by Gasteiger charge is -2.46. The van der Waals surface area contributed by atoms with Gasteiger partial charge in [-0.1, -0.05) is 72.7 Å². The van der Waals surface area contributed by atoms with Crippen LogP contribution >= 0.6 is 0 Å². The standard InChI is InChI=1S/C22H46O3Si2/c1-11-14-16-22(6,13-3)27(9,10)25-20(12-2)26(7,8)18-15-17-24-21(23)19(4)5/h20H,4,11-18H2,1-3,5-10H3/t20?,22-/m1/s1. The van der Waals surface area contributed by atoms with Gasteiger partial charge in [-0.3, -0.25) is 0 Å². The first-order chi connectivity index (χ1) is 12.4. The molecular weight excluding hydrogens is 368 g/mol. The average Bonchev–Trinajstić information content (AvgIpc) is 2.60. The number of carbonyl (C=O) groups is 1. The molecule has 0 aliphatic rings. The molecule has 0 aromatic carbocycles. The van der Waals surface area contributed by atoms with Crippen LogP contribution in [-0.4, -0.2) is 34.7 Å².